The van der Waals surface area contributed by atoms with E-state index in [2.05, 4.69) is 18.0 Å². The van der Waals surface area contributed by atoms with Crippen molar-refractivity contribution in [1.82, 2.24) is 4.98 Å². The summed E-state index contributed by atoms with van der Waals surface area (Å²) in [5.74, 6) is 1.55. The van der Waals surface area contributed by atoms with Gasteiger partial charge in [0.1, 0.15) is 6.10 Å². The van der Waals surface area contributed by atoms with E-state index < -0.39 is 0 Å². The van der Waals surface area contributed by atoms with E-state index in [-0.39, 0.29) is 0 Å². The molecule has 3 aliphatic rings. The second-order valence-electron chi connectivity index (χ2n) is 6.44. The molecule has 106 valence electrons. The van der Waals surface area contributed by atoms with Crippen molar-refractivity contribution in [3.05, 3.63) is 22.9 Å². The zero-order valence-corrected chi connectivity index (χ0v) is 12.2. The van der Waals surface area contributed by atoms with Crippen LogP contribution in [0.1, 0.15) is 74.6 Å². The number of fused-ring (bicyclic) bond motifs is 1. The first kappa shape index (κ1) is 12.4. The maximum absolute atomic E-state index is 6.30. The molecule has 2 fully saturated rings. The molecule has 0 N–H and O–H groups in total. The minimum absolute atomic E-state index is 0.364. The van der Waals surface area contributed by atoms with E-state index in [0.29, 0.717) is 12.0 Å². The molecule has 20 heavy (non-hydrogen) atoms. The van der Waals surface area contributed by atoms with Crippen LogP contribution in [0.15, 0.2) is 11.1 Å². The fraction of sp³-hybridized carbons (Fsp3) is 0.647. The number of ether oxygens (including phenoxy) is 1. The minimum atomic E-state index is 0.364. The second-order valence-corrected chi connectivity index (χ2v) is 6.44. The van der Waals surface area contributed by atoms with E-state index >= 15 is 0 Å². The maximum atomic E-state index is 6.30. The zero-order valence-electron chi connectivity index (χ0n) is 12.2. The second kappa shape index (κ2) is 4.87. The lowest BCUT2D eigenvalue weighted by Gasteiger charge is -2.24. The molecular weight excluding hydrogens is 248 g/mol. The van der Waals surface area contributed by atoms with Crippen LogP contribution in [0.4, 0.5) is 0 Å². The van der Waals surface area contributed by atoms with Crippen molar-refractivity contribution in [1.29, 1.82) is 0 Å². The van der Waals surface area contributed by atoms with Crippen LogP contribution < -0.4 is 4.74 Å². The quantitative estimate of drug-likeness (QED) is 0.832. The lowest BCUT2D eigenvalue weighted by atomic mass is 9.97. The van der Waals surface area contributed by atoms with E-state index in [1.807, 2.05) is 0 Å². The Balaban J connectivity index is 1.66. The van der Waals surface area contributed by atoms with Gasteiger partial charge >= 0.3 is 0 Å². The molecule has 0 unspecified atom stereocenters. The maximum Gasteiger partial charge on any atom is 0.223 e. The summed E-state index contributed by atoms with van der Waals surface area (Å²) in [6.07, 6.45) is 9.24. The molecular formula is C17H22N2O. The first-order valence-electron chi connectivity index (χ1n) is 8.03. The largest absolute Gasteiger partial charge is 0.474 e. The molecule has 3 nitrogen and oxygen atoms in total. The van der Waals surface area contributed by atoms with Gasteiger partial charge in [-0.1, -0.05) is 6.42 Å². The molecule has 3 heteroatoms. The highest BCUT2D eigenvalue weighted by molar-refractivity contribution is 6.03. The molecule has 2 saturated carbocycles. The molecule has 0 radical (unpaired) electrons. The summed E-state index contributed by atoms with van der Waals surface area (Å²) < 4.78 is 6.30. The molecule has 4 rings (SSSR count). The zero-order chi connectivity index (χ0) is 13.5. The van der Waals surface area contributed by atoms with Crippen molar-refractivity contribution in [2.24, 2.45) is 4.99 Å². The van der Waals surface area contributed by atoms with Gasteiger partial charge in [0.05, 0.1) is 12.1 Å². The number of hydrogen-bond acceptors (Lipinski definition) is 3. The van der Waals surface area contributed by atoms with Crippen LogP contribution in [0.25, 0.3) is 0 Å². The fourth-order valence-electron chi connectivity index (χ4n) is 3.40. The summed E-state index contributed by atoms with van der Waals surface area (Å²) in [4.78, 5) is 9.42. The molecule has 2 aliphatic carbocycles. The van der Waals surface area contributed by atoms with Crippen molar-refractivity contribution < 1.29 is 4.74 Å². The van der Waals surface area contributed by atoms with E-state index in [1.54, 1.807) is 0 Å². The van der Waals surface area contributed by atoms with Gasteiger partial charge in [-0.25, -0.2) is 4.98 Å². The highest BCUT2D eigenvalue weighted by Gasteiger charge is 2.30. The van der Waals surface area contributed by atoms with Crippen LogP contribution in [0, 0.1) is 0 Å². The van der Waals surface area contributed by atoms with E-state index in [1.165, 1.54) is 61.8 Å². The summed E-state index contributed by atoms with van der Waals surface area (Å²) in [5.41, 5.74) is 4.84. The van der Waals surface area contributed by atoms with Gasteiger partial charge < -0.3 is 4.74 Å². The van der Waals surface area contributed by atoms with E-state index in [9.17, 15) is 0 Å². The number of aliphatic imine (C=N–C) groups is 1. The Labute approximate surface area is 120 Å². The average molecular weight is 270 g/mol. The Morgan fingerprint density at radius 3 is 2.65 bits per heavy atom. The van der Waals surface area contributed by atoms with Crippen LogP contribution in [0.5, 0.6) is 5.88 Å². The average Bonchev–Trinajstić information content (AvgIpc) is 3.25. The Hall–Kier alpha value is -1.38. The van der Waals surface area contributed by atoms with Crippen molar-refractivity contribution >= 4 is 5.71 Å². The van der Waals surface area contributed by atoms with E-state index in [0.717, 1.165) is 18.1 Å². The van der Waals surface area contributed by atoms with Gasteiger partial charge in [-0.3, -0.25) is 4.99 Å². The lowest BCUT2D eigenvalue weighted by Crippen LogP contribution is -2.21. The molecule has 2 heterocycles. The summed E-state index contributed by atoms with van der Waals surface area (Å²) in [6, 6.07) is 2.26. The molecule has 1 aromatic heterocycles. The third-order valence-corrected chi connectivity index (χ3v) is 4.76. The monoisotopic (exact) mass is 270 g/mol. The highest BCUT2D eigenvalue weighted by atomic mass is 16.5. The van der Waals surface area contributed by atoms with Gasteiger partial charge in [0.25, 0.3) is 0 Å². The van der Waals surface area contributed by atoms with Crippen LogP contribution in [0.3, 0.4) is 0 Å². The molecule has 0 atom stereocenters. The predicted octanol–water partition coefficient (Wildman–Crippen LogP) is 3.99. The van der Waals surface area contributed by atoms with Gasteiger partial charge in [0.2, 0.25) is 5.88 Å². The first-order chi connectivity index (χ1) is 9.81. The third kappa shape index (κ3) is 2.23. The predicted molar refractivity (Wildman–Crippen MR) is 79.6 cm³/mol. The molecule has 0 amide bonds. The SMILES string of the molecule is CC1=NCc2cc(C3CC3)nc(OC3CCCCC3)c21. The Morgan fingerprint density at radius 1 is 1.10 bits per heavy atom. The van der Waals surface area contributed by atoms with Gasteiger partial charge in [-0.15, -0.1) is 0 Å². The first-order valence-corrected chi connectivity index (χ1v) is 8.03. The fourth-order valence-corrected chi connectivity index (χ4v) is 3.40. The van der Waals surface area contributed by atoms with Crippen molar-refractivity contribution in [2.75, 3.05) is 0 Å². The van der Waals surface area contributed by atoms with E-state index in [4.69, 9.17) is 9.72 Å². The normalized spacial score (nSPS) is 22.6. The highest BCUT2D eigenvalue weighted by Crippen LogP contribution is 2.42. The summed E-state index contributed by atoms with van der Waals surface area (Å²) in [7, 11) is 0. The summed E-state index contributed by atoms with van der Waals surface area (Å²) in [5, 5.41) is 0. The smallest absolute Gasteiger partial charge is 0.223 e. The van der Waals surface area contributed by atoms with Crippen molar-refractivity contribution in [3.63, 3.8) is 0 Å². The number of nitrogens with zero attached hydrogens (tertiary/aromatic N) is 2. The van der Waals surface area contributed by atoms with Gasteiger partial charge in [0.15, 0.2) is 0 Å². The third-order valence-electron chi connectivity index (χ3n) is 4.76. The Kier molecular flexibility index (Phi) is 3.01. The van der Waals surface area contributed by atoms with Gasteiger partial charge in [-0.2, -0.15) is 0 Å². The molecule has 0 saturated heterocycles. The molecule has 1 aliphatic heterocycles. The molecule has 0 spiro atoms. The summed E-state index contributed by atoms with van der Waals surface area (Å²) in [6.45, 7) is 2.89. The van der Waals surface area contributed by atoms with Crippen LogP contribution in [-0.2, 0) is 6.54 Å². The van der Waals surface area contributed by atoms with Crippen LogP contribution >= 0.6 is 0 Å². The number of aromatic nitrogens is 1. The van der Waals surface area contributed by atoms with Crippen LogP contribution in [0.2, 0.25) is 0 Å². The molecule has 0 aromatic carbocycles. The number of hydrogen-bond donors (Lipinski definition) is 0. The van der Waals surface area contributed by atoms with Gasteiger partial charge in [-0.05, 0) is 57.1 Å². The van der Waals surface area contributed by atoms with Crippen LogP contribution in [-0.4, -0.2) is 16.8 Å². The molecule has 0 bridgehead atoms. The minimum Gasteiger partial charge on any atom is -0.474 e. The van der Waals surface area contributed by atoms with Gasteiger partial charge in [0, 0.05) is 17.3 Å². The topological polar surface area (TPSA) is 34.5 Å². The van der Waals surface area contributed by atoms with Crippen molar-refractivity contribution in [3.8, 4) is 5.88 Å². The number of pyridine rings is 1. The standard InChI is InChI=1S/C17H22N2O/c1-11-16-13(10-18-11)9-15(12-7-8-12)19-17(16)20-14-5-3-2-4-6-14/h9,12,14H,2-8,10H2,1H3. The Morgan fingerprint density at radius 2 is 1.90 bits per heavy atom. The van der Waals surface area contributed by atoms with Crippen molar-refractivity contribution in [2.45, 2.75) is 70.4 Å². The lowest BCUT2D eigenvalue weighted by molar-refractivity contribution is 0.148. The Bertz CT molecular complexity index is 554. The summed E-state index contributed by atoms with van der Waals surface area (Å²) >= 11 is 0. The molecule has 1 aromatic rings. The number of rotatable bonds is 3.